The zero-order valence-corrected chi connectivity index (χ0v) is 14.7. The lowest BCUT2D eigenvalue weighted by Crippen LogP contribution is -2.22. The van der Waals surface area contributed by atoms with Gasteiger partial charge >= 0.3 is 0 Å². The van der Waals surface area contributed by atoms with E-state index in [1.54, 1.807) is 25.5 Å². The predicted octanol–water partition coefficient (Wildman–Crippen LogP) is 4.83. The third-order valence-electron chi connectivity index (χ3n) is 4.87. The molecule has 2 aromatic carbocycles. The summed E-state index contributed by atoms with van der Waals surface area (Å²) in [6.07, 6.45) is 4.00. The van der Waals surface area contributed by atoms with Crippen molar-refractivity contribution in [3.8, 4) is 17.2 Å². The molecule has 1 fully saturated rings. The molecule has 1 aliphatic rings. The van der Waals surface area contributed by atoms with Crippen LogP contribution in [0.25, 0.3) is 11.5 Å². The largest absolute Gasteiger partial charge is 0.497 e. The number of halogens is 1. The summed E-state index contributed by atoms with van der Waals surface area (Å²) < 4.78 is 23.9. The topological polar surface area (TPSA) is 38.5 Å². The number of rotatable bonds is 5. The van der Waals surface area contributed by atoms with Gasteiger partial charge in [-0.3, -0.25) is 4.90 Å². The molecule has 4 rings (SSSR count). The van der Waals surface area contributed by atoms with Crippen LogP contribution in [0.4, 0.5) is 4.39 Å². The van der Waals surface area contributed by atoms with E-state index in [1.165, 1.54) is 24.1 Å². The molecule has 26 heavy (non-hydrogen) atoms. The molecule has 2 heterocycles. The fraction of sp³-hybridized carbons (Fsp3) is 0.286. The maximum Gasteiger partial charge on any atom is 0.226 e. The normalized spacial score (nSPS) is 17.5. The number of ether oxygens (including phenoxy) is 1. The molecule has 1 saturated heterocycles. The van der Waals surface area contributed by atoms with Crippen LogP contribution in [0, 0.1) is 5.82 Å². The van der Waals surface area contributed by atoms with Crippen molar-refractivity contribution >= 4 is 0 Å². The van der Waals surface area contributed by atoms with Crippen LogP contribution in [-0.4, -0.2) is 23.5 Å². The molecule has 0 amide bonds. The summed E-state index contributed by atoms with van der Waals surface area (Å²) in [4.78, 5) is 7.00. The molecule has 4 nitrogen and oxygen atoms in total. The molecule has 0 bridgehead atoms. The number of oxazole rings is 1. The van der Waals surface area contributed by atoms with Gasteiger partial charge < -0.3 is 9.15 Å². The lowest BCUT2D eigenvalue weighted by Gasteiger charge is -2.23. The van der Waals surface area contributed by atoms with Gasteiger partial charge in [-0.1, -0.05) is 12.1 Å². The number of benzene rings is 2. The van der Waals surface area contributed by atoms with Crippen LogP contribution in [0.3, 0.4) is 0 Å². The lowest BCUT2D eigenvalue weighted by atomic mass is 10.0. The van der Waals surface area contributed by atoms with Crippen LogP contribution in [0.5, 0.6) is 5.75 Å². The number of methoxy groups -OCH3 is 1. The molecule has 1 aromatic heterocycles. The second kappa shape index (κ2) is 7.30. The number of likely N-dealkylation sites (tertiary alicyclic amines) is 1. The van der Waals surface area contributed by atoms with Gasteiger partial charge in [0, 0.05) is 18.2 Å². The molecular formula is C21H21FN2O2. The van der Waals surface area contributed by atoms with Crippen molar-refractivity contribution in [2.45, 2.75) is 25.4 Å². The highest BCUT2D eigenvalue weighted by atomic mass is 19.1. The Morgan fingerprint density at radius 2 is 1.92 bits per heavy atom. The third-order valence-corrected chi connectivity index (χ3v) is 4.87. The van der Waals surface area contributed by atoms with Crippen molar-refractivity contribution in [3.05, 3.63) is 71.9 Å². The summed E-state index contributed by atoms with van der Waals surface area (Å²) in [5.74, 6) is 1.14. The van der Waals surface area contributed by atoms with E-state index in [2.05, 4.69) is 22.0 Å². The van der Waals surface area contributed by atoms with Gasteiger partial charge in [-0.2, -0.15) is 0 Å². The van der Waals surface area contributed by atoms with Crippen LogP contribution in [0.2, 0.25) is 0 Å². The van der Waals surface area contributed by atoms with E-state index in [0.29, 0.717) is 11.9 Å². The molecule has 134 valence electrons. The van der Waals surface area contributed by atoms with E-state index in [0.717, 1.165) is 36.5 Å². The summed E-state index contributed by atoms with van der Waals surface area (Å²) in [5.41, 5.74) is 2.97. The molecule has 0 saturated carbocycles. The minimum atomic E-state index is -0.264. The zero-order valence-electron chi connectivity index (χ0n) is 14.7. The molecule has 1 aliphatic heterocycles. The summed E-state index contributed by atoms with van der Waals surface area (Å²) >= 11 is 0. The van der Waals surface area contributed by atoms with Crippen LogP contribution in [0.1, 0.15) is 30.1 Å². The average Bonchev–Trinajstić information content (AvgIpc) is 3.33. The maximum absolute atomic E-state index is 13.1. The van der Waals surface area contributed by atoms with Gasteiger partial charge in [0.25, 0.3) is 0 Å². The number of nitrogens with zero attached hydrogens (tertiary/aromatic N) is 2. The molecule has 0 radical (unpaired) electrons. The second-order valence-electron chi connectivity index (χ2n) is 6.55. The summed E-state index contributed by atoms with van der Waals surface area (Å²) in [6, 6.07) is 14.9. The molecule has 1 atom stereocenters. The van der Waals surface area contributed by atoms with Gasteiger partial charge in [-0.05, 0) is 61.3 Å². The number of aromatic nitrogens is 1. The average molecular weight is 352 g/mol. The van der Waals surface area contributed by atoms with Crippen LogP contribution < -0.4 is 4.74 Å². The first-order valence-electron chi connectivity index (χ1n) is 8.81. The number of hydrogen-bond donors (Lipinski definition) is 0. The number of hydrogen-bond acceptors (Lipinski definition) is 4. The SMILES string of the molecule is COc1ccc([C@@H]2CCCN2Cc2coc(-c3ccc(F)cc3)n2)cc1. The van der Waals surface area contributed by atoms with Crippen molar-refractivity contribution in [1.82, 2.24) is 9.88 Å². The van der Waals surface area contributed by atoms with Crippen molar-refractivity contribution in [2.75, 3.05) is 13.7 Å². The predicted molar refractivity (Wildman–Crippen MR) is 97.3 cm³/mol. The van der Waals surface area contributed by atoms with E-state index < -0.39 is 0 Å². The van der Waals surface area contributed by atoms with E-state index in [1.807, 2.05) is 12.1 Å². The Kier molecular flexibility index (Phi) is 4.71. The first-order valence-corrected chi connectivity index (χ1v) is 8.81. The van der Waals surface area contributed by atoms with Gasteiger partial charge in [0.15, 0.2) is 0 Å². The standard InChI is InChI=1S/C21H21FN2O2/c1-25-19-10-6-15(7-11-19)20-3-2-12-24(20)13-18-14-26-21(23-18)16-4-8-17(22)9-5-16/h4-11,14,20H,2-3,12-13H2,1H3/t20-/m0/s1. The van der Waals surface area contributed by atoms with E-state index in [4.69, 9.17) is 9.15 Å². The molecule has 3 aromatic rings. The fourth-order valence-electron chi connectivity index (χ4n) is 3.53. The van der Waals surface area contributed by atoms with Crippen molar-refractivity contribution in [2.24, 2.45) is 0 Å². The minimum absolute atomic E-state index is 0.264. The highest BCUT2D eigenvalue weighted by Gasteiger charge is 2.26. The Morgan fingerprint density at radius 3 is 2.65 bits per heavy atom. The fourth-order valence-corrected chi connectivity index (χ4v) is 3.53. The van der Waals surface area contributed by atoms with Crippen molar-refractivity contribution in [3.63, 3.8) is 0 Å². The smallest absolute Gasteiger partial charge is 0.226 e. The Balaban J connectivity index is 1.48. The van der Waals surface area contributed by atoms with Gasteiger partial charge in [0.1, 0.15) is 17.8 Å². The van der Waals surface area contributed by atoms with E-state index in [-0.39, 0.29) is 5.82 Å². The van der Waals surface area contributed by atoms with Gasteiger partial charge in [-0.25, -0.2) is 9.37 Å². The first-order chi connectivity index (χ1) is 12.7. The molecule has 0 aliphatic carbocycles. The highest BCUT2D eigenvalue weighted by molar-refractivity contribution is 5.52. The quantitative estimate of drug-likeness (QED) is 0.659. The van der Waals surface area contributed by atoms with Crippen molar-refractivity contribution < 1.29 is 13.5 Å². The van der Waals surface area contributed by atoms with Crippen molar-refractivity contribution in [1.29, 1.82) is 0 Å². The Hall–Kier alpha value is -2.66. The zero-order chi connectivity index (χ0) is 17.9. The molecule has 0 unspecified atom stereocenters. The van der Waals surface area contributed by atoms with E-state index in [9.17, 15) is 4.39 Å². The Bertz CT molecular complexity index is 858. The highest BCUT2D eigenvalue weighted by Crippen LogP contribution is 2.34. The molecule has 0 spiro atoms. The second-order valence-corrected chi connectivity index (χ2v) is 6.55. The third kappa shape index (κ3) is 3.48. The molecular weight excluding hydrogens is 331 g/mol. The van der Waals surface area contributed by atoms with Gasteiger partial charge in [0.2, 0.25) is 5.89 Å². The van der Waals surface area contributed by atoms with Crippen LogP contribution in [0.15, 0.2) is 59.2 Å². The summed E-state index contributed by atoms with van der Waals surface area (Å²) in [5, 5.41) is 0. The summed E-state index contributed by atoms with van der Waals surface area (Å²) in [6.45, 7) is 1.77. The maximum atomic E-state index is 13.1. The summed E-state index contributed by atoms with van der Waals surface area (Å²) in [7, 11) is 1.68. The lowest BCUT2D eigenvalue weighted by molar-refractivity contribution is 0.245. The van der Waals surface area contributed by atoms with Gasteiger partial charge in [-0.15, -0.1) is 0 Å². The van der Waals surface area contributed by atoms with E-state index >= 15 is 0 Å². The minimum Gasteiger partial charge on any atom is -0.497 e. The Labute approximate surface area is 152 Å². The molecule has 5 heteroatoms. The molecule has 0 N–H and O–H groups in total. The van der Waals surface area contributed by atoms with Gasteiger partial charge in [0.05, 0.1) is 12.8 Å². The first kappa shape index (κ1) is 16.8. The Morgan fingerprint density at radius 1 is 1.15 bits per heavy atom. The monoisotopic (exact) mass is 352 g/mol. The van der Waals surface area contributed by atoms with Crippen LogP contribution >= 0.6 is 0 Å². The van der Waals surface area contributed by atoms with Crippen LogP contribution in [-0.2, 0) is 6.54 Å².